The molecule has 0 radical (unpaired) electrons. The summed E-state index contributed by atoms with van der Waals surface area (Å²) >= 11 is 5.67. The summed E-state index contributed by atoms with van der Waals surface area (Å²) in [4.78, 5) is -0.171. The van der Waals surface area contributed by atoms with Gasteiger partial charge in [0, 0.05) is 0 Å². The van der Waals surface area contributed by atoms with Gasteiger partial charge in [-0.3, -0.25) is 4.72 Å². The number of allylic oxidation sites excluding steroid dienone is 3. The maximum Gasteiger partial charge on any atom is 0.417 e. The van der Waals surface area contributed by atoms with Crippen molar-refractivity contribution in [2.75, 3.05) is 4.72 Å². The normalized spacial score (nSPS) is 18.8. The van der Waals surface area contributed by atoms with Gasteiger partial charge in [0.2, 0.25) is 0 Å². The summed E-state index contributed by atoms with van der Waals surface area (Å²) in [7, 11) is -4.51. The first-order valence-electron chi connectivity index (χ1n) is 9.14. The van der Waals surface area contributed by atoms with Crippen LogP contribution in [0.2, 0.25) is 5.02 Å². The van der Waals surface area contributed by atoms with Crippen LogP contribution in [0.4, 0.5) is 32.0 Å². The molecule has 174 valence electrons. The van der Waals surface area contributed by atoms with Gasteiger partial charge in [0.25, 0.3) is 10.0 Å². The maximum atomic E-state index is 13.2. The molecular formula is C20H22ClF6NO2S. The van der Waals surface area contributed by atoms with Crippen molar-refractivity contribution in [3.05, 3.63) is 50.4 Å². The molecule has 0 saturated carbocycles. The number of anilines is 1. The van der Waals surface area contributed by atoms with E-state index in [4.69, 9.17) is 11.6 Å². The largest absolute Gasteiger partial charge is 0.417 e. The van der Waals surface area contributed by atoms with Crippen molar-refractivity contribution in [2.45, 2.75) is 53.4 Å². The van der Waals surface area contributed by atoms with E-state index in [0.717, 1.165) is 0 Å². The molecule has 1 aliphatic rings. The molecule has 1 aromatic rings. The highest BCUT2D eigenvalue weighted by molar-refractivity contribution is 7.96. The number of sulfonamides is 1. The van der Waals surface area contributed by atoms with Crippen LogP contribution in [0.1, 0.15) is 52.2 Å². The second kappa shape index (κ2) is 8.03. The fraction of sp³-hybridized carbons (Fsp3) is 0.500. The molecule has 31 heavy (non-hydrogen) atoms. The number of rotatable bonds is 3. The fourth-order valence-corrected chi connectivity index (χ4v) is 5.36. The first-order valence-corrected chi connectivity index (χ1v) is 11.0. The highest BCUT2D eigenvalue weighted by Gasteiger charge is 2.40. The van der Waals surface area contributed by atoms with Crippen molar-refractivity contribution in [3.63, 3.8) is 0 Å². The van der Waals surface area contributed by atoms with E-state index in [0.29, 0.717) is 17.6 Å². The third-order valence-corrected chi connectivity index (χ3v) is 7.16. The molecule has 1 N–H and O–H groups in total. The van der Waals surface area contributed by atoms with E-state index in [-0.39, 0.29) is 28.4 Å². The van der Waals surface area contributed by atoms with Gasteiger partial charge in [0.15, 0.2) is 0 Å². The highest BCUT2D eigenvalue weighted by atomic mass is 35.5. The van der Waals surface area contributed by atoms with Gasteiger partial charge in [0.1, 0.15) is 0 Å². The molecule has 1 atom stereocenters. The van der Waals surface area contributed by atoms with Gasteiger partial charge in [-0.15, -0.1) is 0 Å². The second-order valence-electron chi connectivity index (χ2n) is 8.62. The Morgan fingerprint density at radius 3 is 1.97 bits per heavy atom. The molecule has 0 unspecified atom stereocenters. The standard InChI is InChI=1S/C20H22ClF6NO2S/c1-10-6-12(18(3,4)5)7-11(2)17(10)31(29,30)28-15-9-13(19(22,23)24)8-14(16(15)21)20(25,26)27/h6,8-9,12,28H,7H2,1-5H3/t12-/m1/s1. The molecule has 0 aliphatic heterocycles. The summed E-state index contributed by atoms with van der Waals surface area (Å²) in [6.45, 7) is 9.04. The zero-order chi connectivity index (χ0) is 24.2. The van der Waals surface area contributed by atoms with Crippen LogP contribution in [-0.2, 0) is 22.4 Å². The van der Waals surface area contributed by atoms with Gasteiger partial charge in [-0.1, -0.05) is 44.0 Å². The third-order valence-electron chi connectivity index (χ3n) is 5.05. The van der Waals surface area contributed by atoms with E-state index in [1.807, 2.05) is 25.5 Å². The Labute approximate surface area is 182 Å². The van der Waals surface area contributed by atoms with Crippen LogP contribution in [-0.4, -0.2) is 8.42 Å². The summed E-state index contributed by atoms with van der Waals surface area (Å²) in [5, 5.41) is -1.16. The zero-order valence-electron chi connectivity index (χ0n) is 17.4. The number of hydrogen-bond donors (Lipinski definition) is 1. The molecule has 0 spiro atoms. The van der Waals surface area contributed by atoms with Crippen molar-refractivity contribution in [3.8, 4) is 0 Å². The second-order valence-corrected chi connectivity index (χ2v) is 10.6. The molecule has 0 fully saturated rings. The van der Waals surface area contributed by atoms with Gasteiger partial charge >= 0.3 is 12.4 Å². The van der Waals surface area contributed by atoms with Crippen molar-refractivity contribution >= 4 is 27.3 Å². The van der Waals surface area contributed by atoms with E-state index < -0.39 is 44.2 Å². The molecule has 0 saturated heterocycles. The fourth-order valence-electron chi connectivity index (χ4n) is 3.46. The molecular weight excluding hydrogens is 468 g/mol. The highest BCUT2D eigenvalue weighted by Crippen LogP contribution is 2.45. The Kier molecular flexibility index (Phi) is 6.62. The molecule has 3 nitrogen and oxygen atoms in total. The molecule has 1 aliphatic carbocycles. The first-order chi connectivity index (χ1) is 13.7. The van der Waals surface area contributed by atoms with Gasteiger partial charge < -0.3 is 0 Å². The number of hydrogen-bond acceptors (Lipinski definition) is 2. The number of alkyl halides is 6. The first kappa shape index (κ1) is 25.6. The predicted octanol–water partition coefficient (Wildman–Crippen LogP) is 7.41. The molecule has 0 bridgehead atoms. The van der Waals surface area contributed by atoms with Crippen LogP contribution in [0.25, 0.3) is 0 Å². The van der Waals surface area contributed by atoms with Crippen molar-refractivity contribution in [1.82, 2.24) is 0 Å². The van der Waals surface area contributed by atoms with Gasteiger partial charge in [-0.2, -0.15) is 26.3 Å². The average Bonchev–Trinajstić information content (AvgIpc) is 2.52. The summed E-state index contributed by atoms with van der Waals surface area (Å²) in [5.41, 5.74) is -3.80. The lowest BCUT2D eigenvalue weighted by molar-refractivity contribution is -0.142. The smallest absolute Gasteiger partial charge is 0.278 e. The van der Waals surface area contributed by atoms with E-state index in [1.165, 1.54) is 6.92 Å². The number of nitrogens with one attached hydrogen (secondary N) is 1. The Balaban J connectivity index is 2.59. The number of benzene rings is 1. The minimum absolute atomic E-state index is 0.0143. The van der Waals surface area contributed by atoms with Crippen molar-refractivity contribution in [1.29, 1.82) is 0 Å². The molecule has 2 rings (SSSR count). The topological polar surface area (TPSA) is 46.2 Å². The van der Waals surface area contributed by atoms with Crippen LogP contribution in [0.15, 0.2) is 34.3 Å². The molecule has 0 amide bonds. The van der Waals surface area contributed by atoms with Crippen LogP contribution in [0.3, 0.4) is 0 Å². The summed E-state index contributed by atoms with van der Waals surface area (Å²) in [6.07, 6.45) is -8.23. The van der Waals surface area contributed by atoms with Crippen LogP contribution >= 0.6 is 11.6 Å². The van der Waals surface area contributed by atoms with Gasteiger partial charge in [0.05, 0.1) is 26.7 Å². The Morgan fingerprint density at radius 2 is 1.55 bits per heavy atom. The lowest BCUT2D eigenvalue weighted by atomic mass is 9.74. The average molecular weight is 490 g/mol. The van der Waals surface area contributed by atoms with Crippen LogP contribution < -0.4 is 4.72 Å². The van der Waals surface area contributed by atoms with Gasteiger partial charge in [-0.25, -0.2) is 8.42 Å². The predicted molar refractivity (Wildman–Crippen MR) is 108 cm³/mol. The monoisotopic (exact) mass is 489 g/mol. The van der Waals surface area contributed by atoms with E-state index >= 15 is 0 Å². The Morgan fingerprint density at radius 1 is 1.00 bits per heavy atom. The molecule has 0 heterocycles. The molecule has 1 aromatic carbocycles. The summed E-state index contributed by atoms with van der Waals surface area (Å²) in [5.74, 6) is 0.0143. The van der Waals surface area contributed by atoms with Crippen LogP contribution in [0, 0.1) is 11.3 Å². The molecule has 0 aromatic heterocycles. The zero-order valence-corrected chi connectivity index (χ0v) is 19.0. The summed E-state index contributed by atoms with van der Waals surface area (Å²) < 4.78 is 107. The van der Waals surface area contributed by atoms with E-state index in [1.54, 1.807) is 13.0 Å². The van der Waals surface area contributed by atoms with E-state index in [9.17, 15) is 34.8 Å². The molecule has 11 heteroatoms. The Bertz CT molecular complexity index is 1050. The van der Waals surface area contributed by atoms with E-state index in [2.05, 4.69) is 0 Å². The van der Waals surface area contributed by atoms with Crippen molar-refractivity contribution < 1.29 is 34.8 Å². The third kappa shape index (κ3) is 5.58. The number of halogens is 7. The van der Waals surface area contributed by atoms with Crippen LogP contribution in [0.5, 0.6) is 0 Å². The summed E-state index contributed by atoms with van der Waals surface area (Å²) in [6, 6.07) is 0.106. The maximum absolute atomic E-state index is 13.2. The van der Waals surface area contributed by atoms with Gasteiger partial charge in [-0.05, 0) is 49.3 Å². The van der Waals surface area contributed by atoms with Crippen molar-refractivity contribution in [2.24, 2.45) is 11.3 Å². The minimum atomic E-state index is -5.21. The quantitative estimate of drug-likeness (QED) is 0.449. The SMILES string of the molecule is CC1=C[C@@H](C(C)(C)C)CC(C)=C1S(=O)(=O)Nc1cc(C(F)(F)F)cc(C(F)(F)F)c1Cl. The Hall–Kier alpha value is -1.68. The minimum Gasteiger partial charge on any atom is -0.278 e. The lowest BCUT2D eigenvalue weighted by Crippen LogP contribution is -2.26. The lowest BCUT2D eigenvalue weighted by Gasteiger charge is -2.33.